The highest BCUT2D eigenvalue weighted by molar-refractivity contribution is 8.00. The van der Waals surface area contributed by atoms with Crippen molar-refractivity contribution >= 4 is 63.5 Å². The number of carbonyl (C=O) groups is 2. The van der Waals surface area contributed by atoms with Crippen molar-refractivity contribution in [2.24, 2.45) is 10.9 Å². The molecule has 1 atom stereocenters. The Morgan fingerprint density at radius 2 is 1.97 bits per heavy atom. The molecule has 3 aromatic carbocycles. The quantitative estimate of drug-likeness (QED) is 0.246. The molecule has 3 amide bonds. The van der Waals surface area contributed by atoms with Gasteiger partial charge >= 0.3 is 6.03 Å². The average molecular weight is 538 g/mol. The van der Waals surface area contributed by atoms with Crippen LogP contribution in [0.3, 0.4) is 0 Å². The van der Waals surface area contributed by atoms with Crippen molar-refractivity contribution in [2.45, 2.75) is 17.9 Å². The molecule has 6 rings (SSSR count). The number of aromatic amines is 1. The van der Waals surface area contributed by atoms with Gasteiger partial charge in [-0.1, -0.05) is 36.4 Å². The summed E-state index contributed by atoms with van der Waals surface area (Å²) in [6.45, 7) is 0.529. The Morgan fingerprint density at radius 1 is 1.10 bits per heavy atom. The number of benzene rings is 3. The van der Waals surface area contributed by atoms with Crippen LogP contribution in [0.25, 0.3) is 16.5 Å². The Hall–Kier alpha value is -4.34. The van der Waals surface area contributed by atoms with Crippen molar-refractivity contribution in [3.05, 3.63) is 90.3 Å². The van der Waals surface area contributed by atoms with Gasteiger partial charge in [0.2, 0.25) is 5.91 Å². The molecule has 0 aliphatic carbocycles. The first-order valence-electron chi connectivity index (χ1n) is 12.7. The zero-order valence-corrected chi connectivity index (χ0v) is 21.9. The Labute approximate surface area is 229 Å². The molecule has 1 aromatic heterocycles. The van der Waals surface area contributed by atoms with Crippen LogP contribution in [0.15, 0.2) is 89.0 Å². The van der Waals surface area contributed by atoms with Gasteiger partial charge < -0.3 is 25.6 Å². The van der Waals surface area contributed by atoms with Gasteiger partial charge in [0.05, 0.1) is 30.3 Å². The minimum Gasteiger partial charge on any atom is -0.396 e. The van der Waals surface area contributed by atoms with Crippen LogP contribution in [-0.4, -0.2) is 40.6 Å². The Bertz CT molecular complexity index is 1610. The van der Waals surface area contributed by atoms with Crippen molar-refractivity contribution in [1.29, 1.82) is 0 Å². The van der Waals surface area contributed by atoms with Crippen molar-refractivity contribution in [3.8, 4) is 0 Å². The van der Waals surface area contributed by atoms with Crippen molar-refractivity contribution < 1.29 is 14.7 Å². The number of aromatic nitrogens is 1. The second-order valence-corrected chi connectivity index (χ2v) is 10.6. The van der Waals surface area contributed by atoms with E-state index in [1.54, 1.807) is 17.3 Å². The molecule has 4 aromatic rings. The Kier molecular flexibility index (Phi) is 6.91. The molecular weight excluding hydrogens is 510 g/mol. The second kappa shape index (κ2) is 10.8. The number of H-pyrrole nitrogens is 1. The lowest BCUT2D eigenvalue weighted by molar-refractivity contribution is -0.116. The summed E-state index contributed by atoms with van der Waals surface area (Å²) in [6.07, 6.45) is 6.06. The molecule has 0 saturated carbocycles. The standard InChI is InChI=1S/C30H27N5O3S/c36-17-20-10-22(14-31-13-20)21-6-8-25-24(11-21)26(15-32-25)34-30(38)33-23-7-9-28-27(12-23)35(29(37)18-39-28)16-19-4-2-1-3-5-19/h1-9,11-15,20,32,36H,10,16-18H2,(H2,33,34,38). The molecule has 0 saturated heterocycles. The highest BCUT2D eigenvalue weighted by Crippen LogP contribution is 2.38. The van der Waals surface area contributed by atoms with Crippen LogP contribution >= 0.6 is 11.8 Å². The van der Waals surface area contributed by atoms with Gasteiger partial charge in [-0.25, -0.2) is 4.79 Å². The molecule has 2 aliphatic heterocycles. The smallest absolute Gasteiger partial charge is 0.323 e. The lowest BCUT2D eigenvalue weighted by Gasteiger charge is -2.29. The fraction of sp³-hybridized carbons (Fsp3) is 0.167. The number of hydrogen-bond acceptors (Lipinski definition) is 5. The van der Waals surface area contributed by atoms with Crippen molar-refractivity contribution in [3.63, 3.8) is 0 Å². The van der Waals surface area contributed by atoms with Crippen LogP contribution < -0.4 is 15.5 Å². The lowest BCUT2D eigenvalue weighted by atomic mass is 9.93. The fourth-order valence-corrected chi connectivity index (χ4v) is 5.79. The Balaban J connectivity index is 1.20. The number of fused-ring (bicyclic) bond motifs is 2. The number of carbonyl (C=O) groups excluding carboxylic acids is 2. The van der Waals surface area contributed by atoms with Crippen LogP contribution in [0.4, 0.5) is 21.9 Å². The predicted octanol–water partition coefficient (Wildman–Crippen LogP) is 5.87. The number of nitrogens with zero attached hydrogens (tertiary/aromatic N) is 2. The van der Waals surface area contributed by atoms with E-state index in [1.165, 1.54) is 11.8 Å². The van der Waals surface area contributed by atoms with Gasteiger partial charge in [-0.05, 0) is 53.5 Å². The number of nitrogens with one attached hydrogen (secondary N) is 3. The summed E-state index contributed by atoms with van der Waals surface area (Å²) in [6, 6.07) is 21.1. The van der Waals surface area contributed by atoms with E-state index in [9.17, 15) is 14.7 Å². The summed E-state index contributed by atoms with van der Waals surface area (Å²) >= 11 is 1.51. The third-order valence-corrected chi connectivity index (χ3v) is 7.94. The number of aliphatic hydroxyl groups is 1. The van der Waals surface area contributed by atoms with Gasteiger partial charge in [0.1, 0.15) is 0 Å². The van der Waals surface area contributed by atoms with Crippen molar-refractivity contribution in [2.75, 3.05) is 27.9 Å². The summed E-state index contributed by atoms with van der Waals surface area (Å²) < 4.78 is 0. The van der Waals surface area contributed by atoms with E-state index in [0.29, 0.717) is 30.1 Å². The van der Waals surface area contributed by atoms with Crippen LogP contribution in [0.2, 0.25) is 0 Å². The molecule has 8 nitrogen and oxygen atoms in total. The SMILES string of the molecule is O=C(Nc1ccc2c(c1)N(Cc1ccccc1)C(=O)CS2)Nc1c[nH]c2ccc(C3=CN=CC(CO)C3)cc12. The zero-order valence-electron chi connectivity index (χ0n) is 21.1. The molecule has 1 unspecified atom stereocenters. The topological polar surface area (TPSA) is 110 Å². The summed E-state index contributed by atoms with van der Waals surface area (Å²) in [5, 5.41) is 16.3. The van der Waals surface area contributed by atoms with Gasteiger partial charge in [-0.3, -0.25) is 9.79 Å². The van der Waals surface area contributed by atoms with Crippen molar-refractivity contribution in [1.82, 2.24) is 4.98 Å². The molecule has 9 heteroatoms. The summed E-state index contributed by atoms with van der Waals surface area (Å²) in [7, 11) is 0. The van der Waals surface area contributed by atoms with E-state index in [4.69, 9.17) is 0 Å². The first-order valence-corrected chi connectivity index (χ1v) is 13.7. The van der Waals surface area contributed by atoms with E-state index in [0.717, 1.165) is 38.2 Å². The fourth-order valence-electron chi connectivity index (χ4n) is 4.87. The molecule has 0 radical (unpaired) electrons. The molecule has 3 heterocycles. The molecule has 4 N–H and O–H groups in total. The third-order valence-electron chi connectivity index (χ3n) is 6.89. The van der Waals surface area contributed by atoms with Crippen LogP contribution in [0.1, 0.15) is 17.5 Å². The number of aliphatic imine (C=N–C) groups is 1. The number of anilines is 3. The minimum atomic E-state index is -0.382. The average Bonchev–Trinajstić information content (AvgIpc) is 3.37. The van der Waals surface area contributed by atoms with E-state index < -0.39 is 0 Å². The van der Waals surface area contributed by atoms with Crippen LogP contribution in [-0.2, 0) is 11.3 Å². The first kappa shape index (κ1) is 25.0. The second-order valence-electron chi connectivity index (χ2n) is 9.58. The summed E-state index contributed by atoms with van der Waals surface area (Å²) in [5.74, 6) is 0.431. The van der Waals surface area contributed by atoms with E-state index in [1.807, 2.05) is 72.9 Å². The molecule has 0 spiro atoms. The molecule has 0 fully saturated rings. The molecule has 196 valence electrons. The third kappa shape index (κ3) is 5.32. The van der Waals surface area contributed by atoms with E-state index >= 15 is 0 Å². The molecule has 39 heavy (non-hydrogen) atoms. The van der Waals surface area contributed by atoms with Gasteiger partial charge in [-0.2, -0.15) is 0 Å². The monoisotopic (exact) mass is 537 g/mol. The maximum Gasteiger partial charge on any atom is 0.323 e. The normalized spacial score (nSPS) is 16.6. The van der Waals surface area contributed by atoms with E-state index in [2.05, 4.69) is 20.6 Å². The van der Waals surface area contributed by atoms with Gasteiger partial charge in [-0.15, -0.1) is 11.8 Å². The Morgan fingerprint density at radius 3 is 2.82 bits per heavy atom. The lowest BCUT2D eigenvalue weighted by Crippen LogP contribution is -2.34. The van der Waals surface area contributed by atoms with Crippen LogP contribution in [0.5, 0.6) is 0 Å². The summed E-state index contributed by atoms with van der Waals surface area (Å²) in [5.41, 5.74) is 6.01. The maximum absolute atomic E-state index is 13.0. The predicted molar refractivity (Wildman–Crippen MR) is 157 cm³/mol. The van der Waals surface area contributed by atoms with Gasteiger partial charge in [0.25, 0.3) is 0 Å². The van der Waals surface area contributed by atoms with Gasteiger partial charge in [0.15, 0.2) is 0 Å². The molecule has 2 aliphatic rings. The van der Waals surface area contributed by atoms with E-state index in [-0.39, 0.29) is 24.5 Å². The maximum atomic E-state index is 13.0. The number of thioether (sulfide) groups is 1. The highest BCUT2D eigenvalue weighted by atomic mass is 32.2. The van der Waals surface area contributed by atoms with Crippen LogP contribution in [0, 0.1) is 5.92 Å². The molecule has 0 bridgehead atoms. The zero-order chi connectivity index (χ0) is 26.8. The largest absolute Gasteiger partial charge is 0.396 e. The number of urea groups is 1. The number of hydrogen-bond donors (Lipinski definition) is 4. The number of allylic oxidation sites excluding steroid dienone is 1. The number of amides is 3. The van der Waals surface area contributed by atoms with Gasteiger partial charge in [0, 0.05) is 46.0 Å². The number of aliphatic hydroxyl groups excluding tert-OH is 1. The highest BCUT2D eigenvalue weighted by Gasteiger charge is 2.25. The molecular formula is C30H27N5O3S. The summed E-state index contributed by atoms with van der Waals surface area (Å²) in [4.78, 5) is 36.1. The number of rotatable bonds is 6. The minimum absolute atomic E-state index is 0.00391. The first-order chi connectivity index (χ1) is 19.1.